The number of ether oxygens (including phenoxy) is 2. The summed E-state index contributed by atoms with van der Waals surface area (Å²) in [5, 5.41) is 2.89. The number of hydrogen-bond acceptors (Lipinski definition) is 5. The number of rotatable bonds is 6. The summed E-state index contributed by atoms with van der Waals surface area (Å²) < 4.78 is 11.5. The molecular formula is C23H22N2O5. The van der Waals surface area contributed by atoms with Gasteiger partial charge in [0, 0.05) is 24.3 Å². The van der Waals surface area contributed by atoms with Crippen molar-refractivity contribution in [3.63, 3.8) is 0 Å². The van der Waals surface area contributed by atoms with E-state index in [1.165, 1.54) is 4.90 Å². The number of amides is 3. The molecule has 1 atom stereocenters. The summed E-state index contributed by atoms with van der Waals surface area (Å²) in [6, 6.07) is 12.0. The molecule has 2 fully saturated rings. The van der Waals surface area contributed by atoms with E-state index in [1.54, 1.807) is 42.5 Å². The Morgan fingerprint density at radius 1 is 1.03 bits per heavy atom. The third kappa shape index (κ3) is 3.68. The van der Waals surface area contributed by atoms with Crippen LogP contribution in [-0.4, -0.2) is 41.9 Å². The van der Waals surface area contributed by atoms with Crippen molar-refractivity contribution in [3.05, 3.63) is 53.6 Å². The first-order valence-corrected chi connectivity index (χ1v) is 10.3. The van der Waals surface area contributed by atoms with Crippen LogP contribution in [0.2, 0.25) is 0 Å². The van der Waals surface area contributed by atoms with E-state index in [2.05, 4.69) is 5.32 Å². The van der Waals surface area contributed by atoms with Crippen molar-refractivity contribution in [2.75, 3.05) is 18.5 Å². The highest BCUT2D eigenvalue weighted by Crippen LogP contribution is 2.33. The molecule has 1 saturated heterocycles. The van der Waals surface area contributed by atoms with E-state index in [-0.39, 0.29) is 36.3 Å². The second-order valence-corrected chi connectivity index (χ2v) is 7.96. The molecule has 1 unspecified atom stereocenters. The highest BCUT2D eigenvalue weighted by Gasteiger charge is 2.37. The van der Waals surface area contributed by atoms with Gasteiger partial charge in [-0.1, -0.05) is 6.07 Å². The monoisotopic (exact) mass is 406 g/mol. The lowest BCUT2D eigenvalue weighted by atomic mass is 10.1. The van der Waals surface area contributed by atoms with Crippen LogP contribution < -0.4 is 10.1 Å². The molecule has 7 nitrogen and oxygen atoms in total. The average molecular weight is 406 g/mol. The molecule has 5 rings (SSSR count). The zero-order valence-corrected chi connectivity index (χ0v) is 16.4. The standard InChI is InChI=1S/C23H22N2O5/c26-21(14-6-7-14)24-15-3-1-4-16(11-15)30-17-8-9-19-20(12-17)23(28)25(22(19)27)13-18-5-2-10-29-18/h1,3-4,8-9,11-12,14,18H,2,5-7,10,13H2,(H,24,26). The van der Waals surface area contributed by atoms with Gasteiger partial charge in [0.15, 0.2) is 0 Å². The summed E-state index contributed by atoms with van der Waals surface area (Å²) in [6.45, 7) is 0.956. The topological polar surface area (TPSA) is 84.9 Å². The lowest BCUT2D eigenvalue weighted by Crippen LogP contribution is -2.36. The Labute approximate surface area is 174 Å². The van der Waals surface area contributed by atoms with Crippen molar-refractivity contribution in [1.82, 2.24) is 4.90 Å². The number of fused-ring (bicyclic) bond motifs is 1. The van der Waals surface area contributed by atoms with E-state index >= 15 is 0 Å². The summed E-state index contributed by atoms with van der Waals surface area (Å²) in [6.07, 6.45) is 3.60. The maximum absolute atomic E-state index is 12.8. The lowest BCUT2D eigenvalue weighted by molar-refractivity contribution is -0.117. The van der Waals surface area contributed by atoms with E-state index in [9.17, 15) is 14.4 Å². The molecule has 3 amide bonds. The summed E-state index contributed by atoms with van der Waals surface area (Å²) in [5.74, 6) is 0.534. The van der Waals surface area contributed by atoms with Gasteiger partial charge in [0.05, 0.1) is 23.8 Å². The van der Waals surface area contributed by atoms with Gasteiger partial charge < -0.3 is 14.8 Å². The fourth-order valence-corrected chi connectivity index (χ4v) is 3.85. The molecule has 30 heavy (non-hydrogen) atoms. The van der Waals surface area contributed by atoms with Crippen LogP contribution in [-0.2, 0) is 9.53 Å². The Morgan fingerprint density at radius 3 is 2.60 bits per heavy atom. The predicted molar refractivity (Wildman–Crippen MR) is 109 cm³/mol. The molecule has 0 aromatic heterocycles. The van der Waals surface area contributed by atoms with Gasteiger partial charge in [0.25, 0.3) is 11.8 Å². The maximum Gasteiger partial charge on any atom is 0.261 e. The van der Waals surface area contributed by atoms with Crippen molar-refractivity contribution >= 4 is 23.4 Å². The molecule has 0 radical (unpaired) electrons. The fourth-order valence-electron chi connectivity index (χ4n) is 3.85. The van der Waals surface area contributed by atoms with E-state index in [4.69, 9.17) is 9.47 Å². The molecule has 7 heteroatoms. The third-order valence-corrected chi connectivity index (χ3v) is 5.64. The zero-order chi connectivity index (χ0) is 20.7. The van der Waals surface area contributed by atoms with Gasteiger partial charge >= 0.3 is 0 Å². The zero-order valence-electron chi connectivity index (χ0n) is 16.4. The minimum atomic E-state index is -0.318. The summed E-state index contributed by atoms with van der Waals surface area (Å²) in [5.41, 5.74) is 1.39. The van der Waals surface area contributed by atoms with Gasteiger partial charge in [0.1, 0.15) is 11.5 Å². The Hall–Kier alpha value is -3.19. The first kappa shape index (κ1) is 18.8. The molecule has 1 aliphatic carbocycles. The van der Waals surface area contributed by atoms with Crippen LogP contribution in [0.15, 0.2) is 42.5 Å². The number of carbonyl (C=O) groups is 3. The number of imide groups is 1. The third-order valence-electron chi connectivity index (χ3n) is 5.64. The quantitative estimate of drug-likeness (QED) is 0.741. The Balaban J connectivity index is 1.31. The second kappa shape index (κ2) is 7.57. The first-order chi connectivity index (χ1) is 14.6. The Kier molecular flexibility index (Phi) is 4.75. The fraction of sp³-hybridized carbons (Fsp3) is 0.348. The smallest absolute Gasteiger partial charge is 0.261 e. The summed E-state index contributed by atoms with van der Waals surface area (Å²) in [7, 11) is 0. The molecule has 1 saturated carbocycles. The van der Waals surface area contributed by atoms with Gasteiger partial charge in [-0.15, -0.1) is 0 Å². The number of carbonyl (C=O) groups excluding carboxylic acids is 3. The van der Waals surface area contributed by atoms with E-state index < -0.39 is 0 Å². The van der Waals surface area contributed by atoms with Crippen molar-refractivity contribution in [3.8, 4) is 11.5 Å². The summed E-state index contributed by atoms with van der Waals surface area (Å²) in [4.78, 5) is 38.7. The van der Waals surface area contributed by atoms with Crippen molar-refractivity contribution in [2.24, 2.45) is 5.92 Å². The molecule has 2 heterocycles. The largest absolute Gasteiger partial charge is 0.457 e. The van der Waals surface area contributed by atoms with Crippen molar-refractivity contribution < 1.29 is 23.9 Å². The number of benzene rings is 2. The molecular weight excluding hydrogens is 384 g/mol. The first-order valence-electron chi connectivity index (χ1n) is 10.3. The highest BCUT2D eigenvalue weighted by atomic mass is 16.5. The van der Waals surface area contributed by atoms with Crippen molar-refractivity contribution in [2.45, 2.75) is 31.8 Å². The van der Waals surface area contributed by atoms with Crippen LogP contribution in [0.3, 0.4) is 0 Å². The van der Waals surface area contributed by atoms with Gasteiger partial charge in [0.2, 0.25) is 5.91 Å². The lowest BCUT2D eigenvalue weighted by Gasteiger charge is -2.17. The number of nitrogens with one attached hydrogen (secondary N) is 1. The van der Waals surface area contributed by atoms with E-state index in [0.29, 0.717) is 34.9 Å². The number of hydrogen-bond donors (Lipinski definition) is 1. The normalized spacial score (nSPS) is 20.4. The molecule has 2 aromatic carbocycles. The molecule has 0 spiro atoms. The van der Waals surface area contributed by atoms with Crippen LogP contribution in [0, 0.1) is 5.92 Å². The van der Waals surface area contributed by atoms with Crippen LogP contribution >= 0.6 is 0 Å². The number of anilines is 1. The highest BCUT2D eigenvalue weighted by molar-refractivity contribution is 6.21. The van der Waals surface area contributed by atoms with Crippen LogP contribution in [0.5, 0.6) is 11.5 Å². The second-order valence-electron chi connectivity index (χ2n) is 7.96. The number of nitrogens with zero attached hydrogens (tertiary/aromatic N) is 1. The van der Waals surface area contributed by atoms with E-state index in [0.717, 1.165) is 25.7 Å². The molecule has 154 valence electrons. The molecule has 3 aliphatic rings. The Bertz CT molecular complexity index is 1020. The van der Waals surface area contributed by atoms with Gasteiger partial charge in [-0.3, -0.25) is 19.3 Å². The average Bonchev–Trinajstić information content (AvgIpc) is 3.43. The van der Waals surface area contributed by atoms with Crippen LogP contribution in [0.25, 0.3) is 0 Å². The molecule has 1 N–H and O–H groups in total. The van der Waals surface area contributed by atoms with Crippen molar-refractivity contribution in [1.29, 1.82) is 0 Å². The molecule has 2 aromatic rings. The Morgan fingerprint density at radius 2 is 1.83 bits per heavy atom. The van der Waals surface area contributed by atoms with Gasteiger partial charge in [-0.05, 0) is 56.0 Å². The predicted octanol–water partition coefficient (Wildman–Crippen LogP) is 3.60. The minimum Gasteiger partial charge on any atom is -0.457 e. The van der Waals surface area contributed by atoms with Gasteiger partial charge in [-0.25, -0.2) is 0 Å². The maximum atomic E-state index is 12.8. The van der Waals surface area contributed by atoms with Gasteiger partial charge in [-0.2, -0.15) is 0 Å². The minimum absolute atomic E-state index is 0.0279. The summed E-state index contributed by atoms with van der Waals surface area (Å²) >= 11 is 0. The van der Waals surface area contributed by atoms with Crippen LogP contribution in [0.4, 0.5) is 5.69 Å². The van der Waals surface area contributed by atoms with E-state index in [1.807, 2.05) is 0 Å². The SMILES string of the molecule is O=C(Nc1cccc(Oc2ccc3c(c2)C(=O)N(CC2CCCO2)C3=O)c1)C1CC1. The van der Waals surface area contributed by atoms with Crippen LogP contribution in [0.1, 0.15) is 46.4 Å². The molecule has 2 aliphatic heterocycles. The molecule has 0 bridgehead atoms.